The second-order valence-corrected chi connectivity index (χ2v) is 5.53. The van der Waals surface area contributed by atoms with Crippen LogP contribution in [-0.2, 0) is 9.53 Å². The van der Waals surface area contributed by atoms with Crippen LogP contribution in [0, 0.1) is 0 Å². The maximum atomic E-state index is 12.3. The summed E-state index contributed by atoms with van der Waals surface area (Å²) in [5, 5.41) is 5.86. The molecule has 1 aliphatic rings. The van der Waals surface area contributed by atoms with Crippen LogP contribution in [0.4, 0.5) is 5.69 Å². The van der Waals surface area contributed by atoms with E-state index in [4.69, 9.17) is 22.1 Å². The molecule has 0 radical (unpaired) electrons. The number of amides is 2. The standard InChI is InChI=1S/C15H20ClN3O3.ClH/c1-2-18-14(20)11-7-9(16)3-5-12(11)19-15(21)13-6-4-10(8-17)22-13;/h3,5,7,10,13H,2,4,6,8,17H2,1H3,(H,18,20)(H,19,21);1H/t10-,13+;/m1./s1. The van der Waals surface area contributed by atoms with Crippen molar-refractivity contribution < 1.29 is 14.3 Å². The van der Waals surface area contributed by atoms with Crippen molar-refractivity contribution in [3.8, 4) is 0 Å². The fourth-order valence-electron chi connectivity index (χ4n) is 2.35. The normalized spacial score (nSPS) is 19.8. The van der Waals surface area contributed by atoms with Crippen LogP contribution < -0.4 is 16.4 Å². The van der Waals surface area contributed by atoms with Gasteiger partial charge in [-0.05, 0) is 38.0 Å². The fraction of sp³-hybridized carbons (Fsp3) is 0.467. The molecule has 0 spiro atoms. The molecule has 1 saturated heterocycles. The molecule has 0 aromatic heterocycles. The molecule has 0 unspecified atom stereocenters. The van der Waals surface area contributed by atoms with Crippen molar-refractivity contribution in [2.45, 2.75) is 32.0 Å². The Hall–Kier alpha value is -1.34. The van der Waals surface area contributed by atoms with Gasteiger partial charge in [-0.3, -0.25) is 9.59 Å². The number of benzene rings is 1. The molecule has 8 heteroatoms. The summed E-state index contributed by atoms with van der Waals surface area (Å²) in [4.78, 5) is 24.3. The van der Waals surface area contributed by atoms with Crippen molar-refractivity contribution >= 4 is 41.5 Å². The van der Waals surface area contributed by atoms with E-state index in [-0.39, 0.29) is 30.3 Å². The number of carbonyl (C=O) groups is 2. The lowest BCUT2D eigenvalue weighted by molar-refractivity contribution is -0.126. The fourth-order valence-corrected chi connectivity index (χ4v) is 2.53. The monoisotopic (exact) mass is 361 g/mol. The van der Waals surface area contributed by atoms with Crippen LogP contribution in [0.1, 0.15) is 30.1 Å². The quantitative estimate of drug-likeness (QED) is 0.747. The lowest BCUT2D eigenvalue weighted by Crippen LogP contribution is -2.31. The molecule has 23 heavy (non-hydrogen) atoms. The molecule has 1 heterocycles. The first kappa shape index (κ1) is 19.7. The molecule has 4 N–H and O–H groups in total. The van der Waals surface area contributed by atoms with Gasteiger partial charge in [0.15, 0.2) is 0 Å². The van der Waals surface area contributed by atoms with Crippen molar-refractivity contribution in [2.75, 3.05) is 18.4 Å². The third kappa shape index (κ3) is 5.07. The largest absolute Gasteiger partial charge is 0.364 e. The molecule has 2 rings (SSSR count). The van der Waals surface area contributed by atoms with Crippen molar-refractivity contribution in [3.63, 3.8) is 0 Å². The highest BCUT2D eigenvalue weighted by Gasteiger charge is 2.30. The third-order valence-electron chi connectivity index (χ3n) is 3.48. The topological polar surface area (TPSA) is 93.5 Å². The zero-order valence-corrected chi connectivity index (χ0v) is 14.4. The number of nitrogens with one attached hydrogen (secondary N) is 2. The molecular formula is C15H21Cl2N3O3. The number of rotatable bonds is 5. The summed E-state index contributed by atoms with van der Waals surface area (Å²) in [6.45, 7) is 2.71. The van der Waals surface area contributed by atoms with Crippen LogP contribution in [0.15, 0.2) is 18.2 Å². The Kier molecular flexibility index (Phi) is 7.78. The van der Waals surface area contributed by atoms with E-state index in [0.717, 1.165) is 6.42 Å². The van der Waals surface area contributed by atoms with Crippen molar-refractivity contribution in [2.24, 2.45) is 5.73 Å². The molecule has 0 aliphatic carbocycles. The van der Waals surface area contributed by atoms with Crippen LogP contribution in [0.3, 0.4) is 0 Å². The molecule has 128 valence electrons. The van der Waals surface area contributed by atoms with Crippen molar-refractivity contribution in [1.82, 2.24) is 5.32 Å². The summed E-state index contributed by atoms with van der Waals surface area (Å²) < 4.78 is 5.55. The van der Waals surface area contributed by atoms with Gasteiger partial charge in [-0.2, -0.15) is 0 Å². The molecule has 2 atom stereocenters. The average Bonchev–Trinajstić information content (AvgIpc) is 2.98. The number of carbonyl (C=O) groups excluding carboxylic acids is 2. The number of nitrogens with two attached hydrogens (primary N) is 1. The van der Waals surface area contributed by atoms with Crippen molar-refractivity contribution in [3.05, 3.63) is 28.8 Å². The van der Waals surface area contributed by atoms with Crippen LogP contribution in [0.25, 0.3) is 0 Å². The van der Waals surface area contributed by atoms with Gasteiger partial charge in [-0.1, -0.05) is 11.6 Å². The van der Waals surface area contributed by atoms with E-state index in [9.17, 15) is 9.59 Å². The molecular weight excluding hydrogens is 341 g/mol. The lowest BCUT2D eigenvalue weighted by Gasteiger charge is -2.15. The summed E-state index contributed by atoms with van der Waals surface area (Å²) in [6, 6.07) is 4.76. The van der Waals surface area contributed by atoms with E-state index in [2.05, 4.69) is 10.6 Å². The Morgan fingerprint density at radius 3 is 2.74 bits per heavy atom. The van der Waals surface area contributed by atoms with Gasteiger partial charge >= 0.3 is 0 Å². The van der Waals surface area contributed by atoms with Crippen molar-refractivity contribution in [1.29, 1.82) is 0 Å². The van der Waals surface area contributed by atoms with Gasteiger partial charge in [0.25, 0.3) is 11.8 Å². The second kappa shape index (κ2) is 9.08. The van der Waals surface area contributed by atoms with Gasteiger partial charge < -0.3 is 21.1 Å². The minimum absolute atomic E-state index is 0. The van der Waals surface area contributed by atoms with Crippen LogP contribution >= 0.6 is 24.0 Å². The Bertz CT molecular complexity index is 569. The van der Waals surface area contributed by atoms with Gasteiger partial charge in [0.2, 0.25) is 0 Å². The Morgan fingerprint density at radius 1 is 1.39 bits per heavy atom. The molecule has 6 nitrogen and oxygen atoms in total. The zero-order valence-electron chi connectivity index (χ0n) is 12.8. The van der Waals surface area contributed by atoms with E-state index in [0.29, 0.717) is 35.8 Å². The minimum atomic E-state index is -0.536. The van der Waals surface area contributed by atoms with E-state index in [1.165, 1.54) is 6.07 Å². The van der Waals surface area contributed by atoms with Gasteiger partial charge in [-0.15, -0.1) is 12.4 Å². The first-order valence-corrected chi connectivity index (χ1v) is 7.67. The first-order valence-electron chi connectivity index (χ1n) is 7.29. The lowest BCUT2D eigenvalue weighted by atomic mass is 10.1. The summed E-state index contributed by atoms with van der Waals surface area (Å²) in [5.41, 5.74) is 6.28. The highest BCUT2D eigenvalue weighted by atomic mass is 35.5. The van der Waals surface area contributed by atoms with Crippen LogP contribution in [0.5, 0.6) is 0 Å². The molecule has 1 aliphatic heterocycles. The van der Waals surface area contributed by atoms with Gasteiger partial charge in [0, 0.05) is 18.1 Å². The second-order valence-electron chi connectivity index (χ2n) is 5.10. The summed E-state index contributed by atoms with van der Waals surface area (Å²) in [7, 11) is 0. The summed E-state index contributed by atoms with van der Waals surface area (Å²) >= 11 is 5.93. The summed E-state index contributed by atoms with van der Waals surface area (Å²) in [5.74, 6) is -0.559. The Balaban J connectivity index is 0.00000264. The molecule has 0 saturated carbocycles. The number of anilines is 1. The smallest absolute Gasteiger partial charge is 0.253 e. The number of halogens is 2. The summed E-state index contributed by atoms with van der Waals surface area (Å²) in [6.07, 6.45) is 0.769. The SMILES string of the molecule is CCNC(=O)c1cc(Cl)ccc1NC(=O)[C@@H]1CC[C@H](CN)O1.Cl. The average molecular weight is 362 g/mol. The first-order chi connectivity index (χ1) is 10.5. The zero-order chi connectivity index (χ0) is 16.1. The molecule has 0 bridgehead atoms. The highest BCUT2D eigenvalue weighted by Crippen LogP contribution is 2.24. The minimum Gasteiger partial charge on any atom is -0.364 e. The number of hydrogen-bond acceptors (Lipinski definition) is 4. The predicted molar refractivity (Wildman–Crippen MR) is 92.3 cm³/mol. The van der Waals surface area contributed by atoms with Gasteiger partial charge in [-0.25, -0.2) is 0 Å². The van der Waals surface area contributed by atoms with E-state index < -0.39 is 6.10 Å². The predicted octanol–water partition coefficient (Wildman–Crippen LogP) is 1.96. The maximum absolute atomic E-state index is 12.3. The van der Waals surface area contributed by atoms with Crippen LogP contribution in [-0.4, -0.2) is 37.1 Å². The number of ether oxygens (including phenoxy) is 1. The Labute approximate surface area is 146 Å². The molecule has 1 fully saturated rings. The molecule has 1 aromatic rings. The van der Waals surface area contributed by atoms with Crippen LogP contribution in [0.2, 0.25) is 5.02 Å². The van der Waals surface area contributed by atoms with E-state index in [1.807, 2.05) is 6.92 Å². The van der Waals surface area contributed by atoms with Gasteiger partial charge in [0.1, 0.15) is 6.10 Å². The Morgan fingerprint density at radius 2 is 2.13 bits per heavy atom. The third-order valence-corrected chi connectivity index (χ3v) is 3.72. The van der Waals surface area contributed by atoms with E-state index in [1.54, 1.807) is 12.1 Å². The van der Waals surface area contributed by atoms with E-state index >= 15 is 0 Å². The number of hydrogen-bond donors (Lipinski definition) is 3. The maximum Gasteiger partial charge on any atom is 0.253 e. The van der Waals surface area contributed by atoms with Gasteiger partial charge in [0.05, 0.1) is 17.4 Å². The highest BCUT2D eigenvalue weighted by molar-refractivity contribution is 6.31. The molecule has 2 amide bonds. The molecule has 1 aromatic carbocycles.